The van der Waals surface area contributed by atoms with Crippen LogP contribution in [0.3, 0.4) is 0 Å². The molecule has 2 aromatic heterocycles. The van der Waals surface area contributed by atoms with Gasteiger partial charge in [0.05, 0.1) is 48.5 Å². The number of ether oxygens (including phenoxy) is 1. The number of hydrogen-bond donors (Lipinski definition) is 3. The second-order valence-electron chi connectivity index (χ2n) is 5.34. The average Bonchev–Trinajstić information content (AvgIpc) is 3.10. The molecule has 2 aromatic rings. The molecular formula is C14H16ClN5O3. The number of nitrogens with one attached hydrogen (secondary N) is 1. The zero-order chi connectivity index (χ0) is 16.6. The number of anilines is 1. The fourth-order valence-corrected chi connectivity index (χ4v) is 2.60. The molecule has 0 aromatic carbocycles. The summed E-state index contributed by atoms with van der Waals surface area (Å²) in [5, 5.41) is 16.6. The lowest BCUT2D eigenvalue weighted by molar-refractivity contribution is 0.0887. The van der Waals surface area contributed by atoms with Crippen molar-refractivity contribution in [3.63, 3.8) is 0 Å². The number of pyridine rings is 1. The van der Waals surface area contributed by atoms with Crippen LogP contribution in [0.5, 0.6) is 0 Å². The molecule has 1 aliphatic heterocycles. The normalized spacial score (nSPS) is 20.7. The summed E-state index contributed by atoms with van der Waals surface area (Å²) in [7, 11) is 1.76. The summed E-state index contributed by atoms with van der Waals surface area (Å²) in [6, 6.07) is 0.921. The van der Waals surface area contributed by atoms with Gasteiger partial charge < -0.3 is 20.9 Å². The molecule has 4 N–H and O–H groups in total. The molecule has 3 heterocycles. The zero-order valence-corrected chi connectivity index (χ0v) is 13.1. The Morgan fingerprint density at radius 3 is 2.96 bits per heavy atom. The molecule has 0 spiro atoms. The van der Waals surface area contributed by atoms with E-state index in [1.54, 1.807) is 24.1 Å². The first kappa shape index (κ1) is 15.7. The molecule has 1 fully saturated rings. The predicted octanol–water partition coefficient (Wildman–Crippen LogP) is 0.207. The lowest BCUT2D eigenvalue weighted by Gasteiger charge is -2.16. The van der Waals surface area contributed by atoms with Gasteiger partial charge in [-0.25, -0.2) is 4.98 Å². The maximum atomic E-state index is 12.4. The van der Waals surface area contributed by atoms with Crippen LogP contribution in [0, 0.1) is 0 Å². The minimum atomic E-state index is -0.740. The number of amides is 1. The minimum Gasteiger partial charge on any atom is -0.396 e. The van der Waals surface area contributed by atoms with E-state index in [0.717, 1.165) is 0 Å². The molecule has 0 saturated carbocycles. The first-order valence-corrected chi connectivity index (χ1v) is 7.35. The van der Waals surface area contributed by atoms with Crippen LogP contribution in [-0.4, -0.2) is 51.1 Å². The van der Waals surface area contributed by atoms with Gasteiger partial charge in [0.1, 0.15) is 5.15 Å². The van der Waals surface area contributed by atoms with E-state index in [2.05, 4.69) is 15.4 Å². The van der Waals surface area contributed by atoms with Gasteiger partial charge in [-0.05, 0) is 6.07 Å². The van der Waals surface area contributed by atoms with Crippen LogP contribution in [0.4, 0.5) is 5.69 Å². The first-order valence-electron chi connectivity index (χ1n) is 6.97. The Kier molecular flexibility index (Phi) is 4.20. The highest BCUT2D eigenvalue weighted by molar-refractivity contribution is 6.30. The quantitative estimate of drug-likeness (QED) is 0.689. The molecule has 2 atom stereocenters. The van der Waals surface area contributed by atoms with E-state index in [-0.39, 0.29) is 29.6 Å². The number of nitrogen functional groups attached to an aromatic ring is 1. The number of carbonyl (C=O) groups is 1. The van der Waals surface area contributed by atoms with E-state index in [0.29, 0.717) is 11.3 Å². The van der Waals surface area contributed by atoms with Crippen molar-refractivity contribution < 1.29 is 14.6 Å². The monoisotopic (exact) mass is 337 g/mol. The molecule has 1 saturated heterocycles. The highest BCUT2D eigenvalue weighted by Crippen LogP contribution is 2.29. The van der Waals surface area contributed by atoms with E-state index < -0.39 is 18.1 Å². The predicted molar refractivity (Wildman–Crippen MR) is 83.9 cm³/mol. The van der Waals surface area contributed by atoms with E-state index in [9.17, 15) is 9.90 Å². The van der Waals surface area contributed by atoms with E-state index in [4.69, 9.17) is 22.1 Å². The van der Waals surface area contributed by atoms with Crippen LogP contribution >= 0.6 is 11.6 Å². The number of aliphatic hydroxyl groups is 1. The van der Waals surface area contributed by atoms with Crippen LogP contribution in [0.25, 0.3) is 11.3 Å². The van der Waals surface area contributed by atoms with Crippen molar-refractivity contribution in [1.29, 1.82) is 0 Å². The molecule has 122 valence electrons. The van der Waals surface area contributed by atoms with Crippen LogP contribution in [0.2, 0.25) is 5.15 Å². The summed E-state index contributed by atoms with van der Waals surface area (Å²) < 4.78 is 6.71. The van der Waals surface area contributed by atoms with Gasteiger partial charge in [0, 0.05) is 18.8 Å². The number of aromatic nitrogens is 3. The third kappa shape index (κ3) is 3.14. The summed E-state index contributed by atoms with van der Waals surface area (Å²) in [5.41, 5.74) is 7.54. The Morgan fingerprint density at radius 2 is 2.35 bits per heavy atom. The molecule has 23 heavy (non-hydrogen) atoms. The van der Waals surface area contributed by atoms with Crippen LogP contribution in [0.1, 0.15) is 10.4 Å². The maximum Gasteiger partial charge on any atom is 0.253 e. The topological polar surface area (TPSA) is 115 Å². The summed E-state index contributed by atoms with van der Waals surface area (Å²) in [6.07, 6.45) is 2.58. The number of hydrogen-bond acceptors (Lipinski definition) is 6. The van der Waals surface area contributed by atoms with Crippen molar-refractivity contribution in [2.45, 2.75) is 12.1 Å². The van der Waals surface area contributed by atoms with Gasteiger partial charge in [-0.1, -0.05) is 11.6 Å². The summed E-state index contributed by atoms with van der Waals surface area (Å²) in [5.74, 6) is -0.438. The highest BCUT2D eigenvalue weighted by atomic mass is 35.5. The van der Waals surface area contributed by atoms with Crippen molar-refractivity contribution >= 4 is 23.2 Å². The van der Waals surface area contributed by atoms with Crippen LogP contribution in [-0.2, 0) is 11.8 Å². The Balaban J connectivity index is 1.93. The number of aliphatic hydroxyl groups excluding tert-OH is 1. The molecule has 3 rings (SSSR count). The van der Waals surface area contributed by atoms with Crippen LogP contribution < -0.4 is 11.1 Å². The molecule has 0 bridgehead atoms. The minimum absolute atomic E-state index is 0.145. The highest BCUT2D eigenvalue weighted by Gasteiger charge is 2.29. The Labute approximate surface area is 137 Å². The maximum absolute atomic E-state index is 12.4. The fourth-order valence-electron chi connectivity index (χ4n) is 2.40. The molecule has 1 amide bonds. The van der Waals surface area contributed by atoms with Crippen molar-refractivity contribution in [2.24, 2.45) is 7.05 Å². The van der Waals surface area contributed by atoms with E-state index in [1.807, 2.05) is 0 Å². The molecule has 1 aliphatic rings. The lowest BCUT2D eigenvalue weighted by atomic mass is 10.1. The third-order valence-corrected chi connectivity index (χ3v) is 3.81. The van der Waals surface area contributed by atoms with Crippen molar-refractivity contribution in [1.82, 2.24) is 20.1 Å². The summed E-state index contributed by atoms with van der Waals surface area (Å²) >= 11 is 6.02. The number of aryl methyl sites for hydroxylation is 1. The Hall–Kier alpha value is -2.16. The molecule has 9 heteroatoms. The SMILES string of the molecule is Cn1cc(-c2nc(Cl)cc(C(=O)N[C@@H]3COC[C@H]3O)c2N)cn1. The lowest BCUT2D eigenvalue weighted by Crippen LogP contribution is -2.42. The van der Waals surface area contributed by atoms with Crippen LogP contribution in [0.15, 0.2) is 18.5 Å². The number of nitrogens with zero attached hydrogens (tertiary/aromatic N) is 3. The zero-order valence-electron chi connectivity index (χ0n) is 12.4. The number of nitrogens with two attached hydrogens (primary N) is 1. The largest absolute Gasteiger partial charge is 0.396 e. The smallest absolute Gasteiger partial charge is 0.253 e. The third-order valence-electron chi connectivity index (χ3n) is 3.62. The Bertz CT molecular complexity index is 748. The van der Waals surface area contributed by atoms with Gasteiger partial charge in [0.25, 0.3) is 5.91 Å². The number of rotatable bonds is 3. The Morgan fingerprint density at radius 1 is 1.57 bits per heavy atom. The van der Waals surface area contributed by atoms with Gasteiger partial charge in [-0.3, -0.25) is 9.48 Å². The van der Waals surface area contributed by atoms with E-state index in [1.165, 1.54) is 6.07 Å². The van der Waals surface area contributed by atoms with E-state index >= 15 is 0 Å². The molecule has 8 nitrogen and oxygen atoms in total. The second kappa shape index (κ2) is 6.15. The number of carbonyl (C=O) groups excluding carboxylic acids is 1. The van der Waals surface area contributed by atoms with Crippen molar-refractivity contribution in [3.8, 4) is 11.3 Å². The summed E-state index contributed by atoms with van der Waals surface area (Å²) in [6.45, 7) is 0.444. The second-order valence-corrected chi connectivity index (χ2v) is 5.73. The van der Waals surface area contributed by atoms with Gasteiger partial charge in [0.15, 0.2) is 0 Å². The standard InChI is InChI=1S/C14H16ClN5O3/c1-20-4-7(3-17-20)13-12(16)8(2-11(15)19-13)14(22)18-9-5-23-6-10(9)21/h2-4,9-10,21H,5-6,16H2,1H3,(H,18,22)/t9-,10-/m1/s1. The van der Waals surface area contributed by atoms with Gasteiger partial charge >= 0.3 is 0 Å². The summed E-state index contributed by atoms with van der Waals surface area (Å²) in [4.78, 5) is 16.6. The van der Waals surface area contributed by atoms with Gasteiger partial charge in [-0.15, -0.1) is 0 Å². The molecule has 0 radical (unpaired) electrons. The number of halogens is 1. The average molecular weight is 338 g/mol. The van der Waals surface area contributed by atoms with Gasteiger partial charge in [-0.2, -0.15) is 5.10 Å². The molecule has 0 aliphatic carbocycles. The fraction of sp³-hybridized carbons (Fsp3) is 0.357. The first-order chi connectivity index (χ1) is 11.0. The van der Waals surface area contributed by atoms with Gasteiger partial charge in [0.2, 0.25) is 0 Å². The molecular weight excluding hydrogens is 322 g/mol. The van der Waals surface area contributed by atoms with Crippen molar-refractivity contribution in [2.75, 3.05) is 18.9 Å². The molecule has 0 unspecified atom stereocenters. The van der Waals surface area contributed by atoms with Crippen molar-refractivity contribution in [3.05, 3.63) is 29.2 Å².